The number of aromatic nitrogens is 1. The average Bonchev–Trinajstić information content (AvgIpc) is 2.55. The number of primary amides is 1. The van der Waals surface area contributed by atoms with Crippen molar-refractivity contribution in [1.82, 2.24) is 4.57 Å². The Morgan fingerprint density at radius 2 is 1.94 bits per heavy atom. The number of amides is 1. The van der Waals surface area contributed by atoms with Gasteiger partial charge in [-0.2, -0.15) is 0 Å². The largest absolute Gasteiger partial charge is 0.369 e. The summed E-state index contributed by atoms with van der Waals surface area (Å²) in [5.41, 5.74) is 7.08. The van der Waals surface area contributed by atoms with Gasteiger partial charge in [0.05, 0.1) is 11.3 Å². The predicted molar refractivity (Wildman–Crippen MR) is 71.9 cm³/mol. The third kappa shape index (κ3) is 2.75. The number of alkyl halides is 1. The lowest BCUT2D eigenvalue weighted by Crippen LogP contribution is -2.35. The molecule has 100 valence electrons. The Hall–Kier alpha value is -1.29. The molecule has 1 rings (SSSR count). The molecule has 0 aliphatic rings. The zero-order valence-corrected chi connectivity index (χ0v) is 12.0. The minimum atomic E-state index is -0.657. The molecule has 0 radical (unpaired) electrons. The van der Waals surface area contributed by atoms with Crippen LogP contribution in [0.1, 0.15) is 35.6 Å². The summed E-state index contributed by atoms with van der Waals surface area (Å²) in [4.78, 5) is 23.0. The molecule has 0 bridgehead atoms. The summed E-state index contributed by atoms with van der Waals surface area (Å²) in [7, 11) is 0. The van der Waals surface area contributed by atoms with E-state index in [0.29, 0.717) is 12.1 Å². The van der Waals surface area contributed by atoms with E-state index < -0.39 is 5.41 Å². The van der Waals surface area contributed by atoms with Crippen LogP contribution in [0.3, 0.4) is 0 Å². The van der Waals surface area contributed by atoms with E-state index >= 15 is 0 Å². The first-order chi connectivity index (χ1) is 8.20. The number of nitrogens with zero attached hydrogens (tertiary/aromatic N) is 1. The van der Waals surface area contributed by atoms with E-state index in [1.165, 1.54) is 0 Å². The third-order valence-corrected chi connectivity index (χ3v) is 3.46. The number of hydrogen-bond acceptors (Lipinski definition) is 2. The van der Waals surface area contributed by atoms with Crippen LogP contribution in [0.4, 0.5) is 0 Å². The number of hydrogen-bond donors (Lipinski definition) is 1. The minimum Gasteiger partial charge on any atom is -0.369 e. The maximum atomic E-state index is 11.7. The molecular formula is C13H19ClN2O2. The summed E-state index contributed by atoms with van der Waals surface area (Å²) in [5.74, 6) is -0.503. The van der Waals surface area contributed by atoms with Crippen molar-refractivity contribution in [2.24, 2.45) is 11.1 Å². The van der Waals surface area contributed by atoms with E-state index in [9.17, 15) is 9.59 Å². The number of halogens is 1. The van der Waals surface area contributed by atoms with E-state index in [4.69, 9.17) is 17.3 Å². The maximum absolute atomic E-state index is 11.7. The van der Waals surface area contributed by atoms with Crippen LogP contribution in [0, 0.1) is 19.3 Å². The Bertz CT molecular complexity index is 489. The van der Waals surface area contributed by atoms with E-state index in [-0.39, 0.29) is 17.6 Å². The minimum absolute atomic E-state index is 0.0382. The molecule has 1 amide bonds. The fourth-order valence-electron chi connectivity index (χ4n) is 1.87. The molecule has 2 N–H and O–H groups in total. The van der Waals surface area contributed by atoms with E-state index in [1.807, 2.05) is 18.4 Å². The summed E-state index contributed by atoms with van der Waals surface area (Å²) < 4.78 is 1.94. The maximum Gasteiger partial charge on any atom is 0.224 e. The molecule has 0 aliphatic heterocycles. The topological polar surface area (TPSA) is 65.1 Å². The lowest BCUT2D eigenvalue weighted by molar-refractivity contribution is -0.126. The highest BCUT2D eigenvalue weighted by molar-refractivity contribution is 6.30. The van der Waals surface area contributed by atoms with Crippen molar-refractivity contribution >= 4 is 23.3 Å². The Morgan fingerprint density at radius 1 is 1.39 bits per heavy atom. The molecule has 1 aromatic rings. The van der Waals surface area contributed by atoms with Crippen molar-refractivity contribution in [3.05, 3.63) is 23.0 Å². The summed E-state index contributed by atoms with van der Waals surface area (Å²) in [6.07, 6.45) is 0. The van der Waals surface area contributed by atoms with E-state index in [2.05, 4.69) is 0 Å². The molecule has 4 nitrogen and oxygen atoms in total. The number of ketones is 1. The number of aryl methyl sites for hydroxylation is 1. The van der Waals surface area contributed by atoms with Gasteiger partial charge in [-0.05, 0) is 33.8 Å². The smallest absolute Gasteiger partial charge is 0.224 e. The van der Waals surface area contributed by atoms with Gasteiger partial charge >= 0.3 is 0 Å². The highest BCUT2D eigenvalue weighted by Gasteiger charge is 2.27. The van der Waals surface area contributed by atoms with Crippen molar-refractivity contribution in [3.8, 4) is 0 Å². The summed E-state index contributed by atoms with van der Waals surface area (Å²) >= 11 is 5.57. The van der Waals surface area contributed by atoms with Crippen LogP contribution in [0.25, 0.3) is 0 Å². The van der Waals surface area contributed by atoms with Crippen molar-refractivity contribution in [2.45, 2.75) is 34.2 Å². The van der Waals surface area contributed by atoms with Gasteiger partial charge in [0, 0.05) is 23.5 Å². The highest BCUT2D eigenvalue weighted by atomic mass is 35.5. The van der Waals surface area contributed by atoms with Crippen LogP contribution < -0.4 is 5.73 Å². The van der Waals surface area contributed by atoms with Gasteiger partial charge in [-0.1, -0.05) is 0 Å². The number of Topliss-reactive ketones (excluding diaryl/α,β-unsaturated/α-hetero) is 1. The van der Waals surface area contributed by atoms with Crippen molar-refractivity contribution < 1.29 is 9.59 Å². The average molecular weight is 271 g/mol. The van der Waals surface area contributed by atoms with Crippen molar-refractivity contribution in [3.63, 3.8) is 0 Å². The second-order valence-corrected chi connectivity index (χ2v) is 5.44. The number of carbonyl (C=O) groups is 2. The van der Waals surface area contributed by atoms with Gasteiger partial charge in [0.1, 0.15) is 0 Å². The van der Waals surface area contributed by atoms with Gasteiger partial charge in [0.25, 0.3) is 0 Å². The fourth-order valence-corrected chi connectivity index (χ4v) is 2.02. The van der Waals surface area contributed by atoms with Crippen molar-refractivity contribution in [1.29, 1.82) is 0 Å². The Labute approximate surface area is 112 Å². The number of rotatable bonds is 5. The first-order valence-electron chi connectivity index (χ1n) is 5.76. The quantitative estimate of drug-likeness (QED) is 0.657. The van der Waals surface area contributed by atoms with Crippen LogP contribution >= 0.6 is 11.6 Å². The van der Waals surface area contributed by atoms with Gasteiger partial charge in [-0.25, -0.2) is 0 Å². The van der Waals surface area contributed by atoms with Crippen LogP contribution in [0.5, 0.6) is 0 Å². The summed E-state index contributed by atoms with van der Waals surface area (Å²) in [6.45, 7) is 7.78. The summed E-state index contributed by atoms with van der Waals surface area (Å²) in [6, 6.07) is 1.80. The zero-order valence-electron chi connectivity index (χ0n) is 11.2. The van der Waals surface area contributed by atoms with E-state index in [1.54, 1.807) is 19.9 Å². The van der Waals surface area contributed by atoms with Gasteiger partial charge in [0.2, 0.25) is 5.91 Å². The molecule has 1 heterocycles. The van der Waals surface area contributed by atoms with Gasteiger partial charge in [-0.15, -0.1) is 11.6 Å². The van der Waals surface area contributed by atoms with Crippen LogP contribution in [-0.2, 0) is 11.3 Å². The molecule has 0 saturated heterocycles. The van der Waals surface area contributed by atoms with E-state index in [0.717, 1.165) is 11.4 Å². The van der Waals surface area contributed by atoms with Crippen LogP contribution in [-0.4, -0.2) is 22.1 Å². The van der Waals surface area contributed by atoms with Crippen LogP contribution in [0.2, 0.25) is 0 Å². The van der Waals surface area contributed by atoms with Gasteiger partial charge in [-0.3, -0.25) is 9.59 Å². The summed E-state index contributed by atoms with van der Waals surface area (Å²) in [5, 5.41) is 0. The molecule has 0 aromatic carbocycles. The Kier molecular flexibility index (Phi) is 4.22. The zero-order chi connectivity index (χ0) is 14.1. The molecule has 0 unspecified atom stereocenters. The molecule has 5 heteroatoms. The lowest BCUT2D eigenvalue weighted by Gasteiger charge is -2.23. The lowest BCUT2D eigenvalue weighted by atomic mass is 9.92. The standard InChI is InChI=1S/C13H19ClN2O2/c1-8-5-10(11(17)6-14)9(2)16(8)7-13(3,4)12(15)18/h5H,6-7H2,1-4H3,(H2,15,18). The number of carbonyl (C=O) groups excluding carboxylic acids is 2. The van der Waals surface area contributed by atoms with Crippen molar-refractivity contribution in [2.75, 3.05) is 5.88 Å². The fraction of sp³-hybridized carbons (Fsp3) is 0.538. The first-order valence-corrected chi connectivity index (χ1v) is 6.30. The molecule has 0 atom stereocenters. The number of nitrogens with two attached hydrogens (primary N) is 1. The first kappa shape index (κ1) is 14.8. The van der Waals surface area contributed by atoms with Gasteiger partial charge in [0.15, 0.2) is 5.78 Å². The monoisotopic (exact) mass is 270 g/mol. The molecule has 1 aromatic heterocycles. The normalized spacial score (nSPS) is 11.6. The van der Waals surface area contributed by atoms with Gasteiger partial charge < -0.3 is 10.3 Å². The molecular weight excluding hydrogens is 252 g/mol. The van der Waals surface area contributed by atoms with Crippen LogP contribution in [0.15, 0.2) is 6.07 Å². The molecule has 18 heavy (non-hydrogen) atoms. The predicted octanol–water partition coefficient (Wildman–Crippen LogP) is 2.04. The molecule has 0 fully saturated rings. The Balaban J connectivity index is 3.16. The second-order valence-electron chi connectivity index (χ2n) is 5.18. The second kappa shape index (κ2) is 5.14. The SMILES string of the molecule is Cc1cc(C(=O)CCl)c(C)n1CC(C)(C)C(N)=O. The highest BCUT2D eigenvalue weighted by Crippen LogP contribution is 2.23. The molecule has 0 saturated carbocycles. The molecule has 0 spiro atoms. The molecule has 0 aliphatic carbocycles. The third-order valence-electron chi connectivity index (χ3n) is 3.22. The Morgan fingerprint density at radius 3 is 2.39 bits per heavy atom.